The highest BCUT2D eigenvalue weighted by Gasteiger charge is 2.30. The molecule has 1 saturated heterocycles. The molecule has 6 rings (SSSR count). The lowest BCUT2D eigenvalue weighted by Gasteiger charge is -2.32. The van der Waals surface area contributed by atoms with Crippen molar-refractivity contribution in [1.82, 2.24) is 20.1 Å². The van der Waals surface area contributed by atoms with Crippen LogP contribution in [-0.4, -0.2) is 39.1 Å². The van der Waals surface area contributed by atoms with Crippen molar-refractivity contribution in [3.63, 3.8) is 0 Å². The molecular formula is C24H19FN6O2S. The third-order valence-corrected chi connectivity index (χ3v) is 6.94. The number of carbonyl (C=O) groups is 1. The fourth-order valence-electron chi connectivity index (χ4n) is 4.33. The number of benzene rings is 2. The second kappa shape index (κ2) is 8.45. The molecule has 0 radical (unpaired) electrons. The van der Waals surface area contributed by atoms with Gasteiger partial charge in [-0.15, -0.1) is 0 Å². The maximum Gasteiger partial charge on any atom is 0.263 e. The SMILES string of the molecule is O=C(Nc1nc2ccccc2s1)[C@H]1CCCN(c2ncnc3onc(-c4ccc(F)cc4)c23)C1. The molecule has 1 aliphatic heterocycles. The average Bonchev–Trinajstić information content (AvgIpc) is 3.48. The highest BCUT2D eigenvalue weighted by Crippen LogP contribution is 2.35. The van der Waals surface area contributed by atoms with Crippen LogP contribution in [0.2, 0.25) is 0 Å². The number of thiazole rings is 1. The number of hydrogen-bond acceptors (Lipinski definition) is 8. The predicted octanol–water partition coefficient (Wildman–Crippen LogP) is 4.89. The van der Waals surface area contributed by atoms with Gasteiger partial charge in [0.05, 0.1) is 16.1 Å². The van der Waals surface area contributed by atoms with Gasteiger partial charge in [0.1, 0.15) is 29.0 Å². The molecule has 0 spiro atoms. The Morgan fingerprint density at radius 2 is 2.00 bits per heavy atom. The lowest BCUT2D eigenvalue weighted by atomic mass is 9.97. The Bertz CT molecular complexity index is 1470. The van der Waals surface area contributed by atoms with Gasteiger partial charge < -0.3 is 14.7 Å². The van der Waals surface area contributed by atoms with E-state index in [0.717, 1.165) is 29.6 Å². The number of para-hydroxylation sites is 1. The number of anilines is 2. The number of fused-ring (bicyclic) bond motifs is 2. The van der Waals surface area contributed by atoms with Gasteiger partial charge in [0.15, 0.2) is 5.13 Å². The molecule has 8 nitrogen and oxygen atoms in total. The molecule has 1 amide bonds. The first-order chi connectivity index (χ1) is 16.7. The van der Waals surface area contributed by atoms with Crippen LogP contribution in [-0.2, 0) is 4.79 Å². The number of rotatable bonds is 4. The summed E-state index contributed by atoms with van der Waals surface area (Å²) in [6.45, 7) is 1.24. The third-order valence-electron chi connectivity index (χ3n) is 5.99. The number of piperidine rings is 1. The van der Waals surface area contributed by atoms with E-state index in [4.69, 9.17) is 4.52 Å². The third kappa shape index (κ3) is 3.75. The quantitative estimate of drug-likeness (QED) is 0.396. The second-order valence-corrected chi connectivity index (χ2v) is 9.21. The van der Waals surface area contributed by atoms with Crippen LogP contribution in [0.25, 0.3) is 32.6 Å². The first-order valence-corrected chi connectivity index (χ1v) is 11.7. The highest BCUT2D eigenvalue weighted by molar-refractivity contribution is 7.22. The molecule has 5 aromatic rings. The number of hydrogen-bond donors (Lipinski definition) is 1. The molecule has 0 aliphatic carbocycles. The fourth-order valence-corrected chi connectivity index (χ4v) is 5.20. The number of aromatic nitrogens is 4. The van der Waals surface area contributed by atoms with E-state index in [-0.39, 0.29) is 17.6 Å². The minimum absolute atomic E-state index is 0.0573. The zero-order chi connectivity index (χ0) is 23.1. The Balaban J connectivity index is 1.27. The van der Waals surface area contributed by atoms with E-state index >= 15 is 0 Å². The number of nitrogens with zero attached hydrogens (tertiary/aromatic N) is 5. The molecule has 0 saturated carbocycles. The van der Waals surface area contributed by atoms with Crippen molar-refractivity contribution >= 4 is 49.5 Å². The van der Waals surface area contributed by atoms with E-state index in [2.05, 4.69) is 30.3 Å². The molecule has 0 unspecified atom stereocenters. The van der Waals surface area contributed by atoms with Crippen LogP contribution in [0.3, 0.4) is 0 Å². The van der Waals surface area contributed by atoms with Crippen LogP contribution in [0.1, 0.15) is 12.8 Å². The second-order valence-electron chi connectivity index (χ2n) is 8.18. The van der Waals surface area contributed by atoms with Gasteiger partial charge in [-0.3, -0.25) is 4.79 Å². The van der Waals surface area contributed by atoms with Crippen LogP contribution < -0.4 is 10.2 Å². The van der Waals surface area contributed by atoms with Gasteiger partial charge in [0.2, 0.25) is 5.91 Å². The lowest BCUT2D eigenvalue weighted by molar-refractivity contribution is -0.120. The Morgan fingerprint density at radius 3 is 2.85 bits per heavy atom. The standard InChI is InChI=1S/C24H19FN6O2S/c25-16-9-7-14(8-10-16)20-19-21(26-13-27-23(19)33-30-20)31-11-3-4-15(12-31)22(32)29-24-28-17-5-1-2-6-18(17)34-24/h1-2,5-10,13,15H,3-4,11-12H2,(H,28,29,32)/t15-/m0/s1. The Labute approximate surface area is 197 Å². The molecule has 170 valence electrons. The number of nitrogens with one attached hydrogen (secondary N) is 1. The van der Waals surface area contributed by atoms with E-state index in [1.54, 1.807) is 12.1 Å². The minimum Gasteiger partial charge on any atom is -0.355 e. The first kappa shape index (κ1) is 20.7. The lowest BCUT2D eigenvalue weighted by Crippen LogP contribution is -2.41. The summed E-state index contributed by atoms with van der Waals surface area (Å²) in [6.07, 6.45) is 3.04. The van der Waals surface area contributed by atoms with Crippen molar-refractivity contribution in [2.45, 2.75) is 12.8 Å². The van der Waals surface area contributed by atoms with E-state index in [0.29, 0.717) is 39.9 Å². The van der Waals surface area contributed by atoms with Crippen LogP contribution in [0.5, 0.6) is 0 Å². The van der Waals surface area contributed by atoms with Gasteiger partial charge in [-0.05, 0) is 49.2 Å². The van der Waals surface area contributed by atoms with Crippen molar-refractivity contribution in [3.05, 3.63) is 60.7 Å². The van der Waals surface area contributed by atoms with Gasteiger partial charge in [-0.25, -0.2) is 14.4 Å². The minimum atomic E-state index is -0.328. The molecular weight excluding hydrogens is 455 g/mol. The molecule has 10 heteroatoms. The number of carbonyl (C=O) groups excluding carboxylic acids is 1. The average molecular weight is 475 g/mol. The molecule has 1 fully saturated rings. The molecule has 34 heavy (non-hydrogen) atoms. The maximum absolute atomic E-state index is 13.4. The Hall–Kier alpha value is -3.92. The molecule has 1 atom stereocenters. The van der Waals surface area contributed by atoms with Gasteiger partial charge in [-0.1, -0.05) is 28.6 Å². The van der Waals surface area contributed by atoms with E-state index in [9.17, 15) is 9.18 Å². The number of halogens is 1. The van der Waals surface area contributed by atoms with Gasteiger partial charge >= 0.3 is 0 Å². The smallest absolute Gasteiger partial charge is 0.263 e. The van der Waals surface area contributed by atoms with Crippen LogP contribution >= 0.6 is 11.3 Å². The van der Waals surface area contributed by atoms with E-state index in [1.807, 2.05) is 24.3 Å². The summed E-state index contributed by atoms with van der Waals surface area (Å²) in [6, 6.07) is 13.9. The summed E-state index contributed by atoms with van der Waals surface area (Å²) < 4.78 is 19.9. The fraction of sp³-hybridized carbons (Fsp3) is 0.208. The molecule has 1 N–H and O–H groups in total. The van der Waals surface area contributed by atoms with Crippen LogP contribution in [0.15, 0.2) is 59.4 Å². The topological polar surface area (TPSA) is 97.0 Å². The Morgan fingerprint density at radius 1 is 1.15 bits per heavy atom. The summed E-state index contributed by atoms with van der Waals surface area (Å²) in [7, 11) is 0. The summed E-state index contributed by atoms with van der Waals surface area (Å²) in [5.74, 6) is 0.0483. The van der Waals surface area contributed by atoms with Crippen molar-refractivity contribution < 1.29 is 13.7 Å². The summed E-state index contributed by atoms with van der Waals surface area (Å²) in [4.78, 5) is 28.4. The predicted molar refractivity (Wildman–Crippen MR) is 128 cm³/mol. The molecule has 4 heterocycles. The number of amides is 1. The van der Waals surface area contributed by atoms with Crippen molar-refractivity contribution in [3.8, 4) is 11.3 Å². The maximum atomic E-state index is 13.4. The molecule has 2 aromatic carbocycles. The van der Waals surface area contributed by atoms with Crippen molar-refractivity contribution in [2.24, 2.45) is 5.92 Å². The van der Waals surface area contributed by atoms with E-state index in [1.165, 1.54) is 29.8 Å². The molecule has 3 aromatic heterocycles. The summed E-state index contributed by atoms with van der Waals surface area (Å²) in [5, 5.41) is 8.42. The summed E-state index contributed by atoms with van der Waals surface area (Å²) in [5.41, 5.74) is 2.48. The normalized spacial score (nSPS) is 16.3. The van der Waals surface area contributed by atoms with Crippen LogP contribution in [0.4, 0.5) is 15.3 Å². The van der Waals surface area contributed by atoms with Gasteiger partial charge in [0, 0.05) is 18.7 Å². The van der Waals surface area contributed by atoms with Crippen LogP contribution in [0, 0.1) is 11.7 Å². The first-order valence-electron chi connectivity index (χ1n) is 10.9. The monoisotopic (exact) mass is 474 g/mol. The van der Waals surface area contributed by atoms with Gasteiger partial charge in [-0.2, -0.15) is 4.98 Å². The van der Waals surface area contributed by atoms with Crippen molar-refractivity contribution in [2.75, 3.05) is 23.3 Å². The molecule has 1 aliphatic rings. The zero-order valence-corrected chi connectivity index (χ0v) is 18.8. The van der Waals surface area contributed by atoms with E-state index < -0.39 is 0 Å². The Kier molecular flexibility index (Phi) is 5.14. The molecule has 0 bridgehead atoms. The zero-order valence-electron chi connectivity index (χ0n) is 17.9. The largest absolute Gasteiger partial charge is 0.355 e. The van der Waals surface area contributed by atoms with Gasteiger partial charge in [0.25, 0.3) is 5.71 Å². The summed E-state index contributed by atoms with van der Waals surface area (Å²) >= 11 is 1.47. The van der Waals surface area contributed by atoms with Crippen molar-refractivity contribution in [1.29, 1.82) is 0 Å². The highest BCUT2D eigenvalue weighted by atomic mass is 32.1.